The lowest BCUT2D eigenvalue weighted by Crippen LogP contribution is -2.48. The van der Waals surface area contributed by atoms with Crippen LogP contribution < -0.4 is 0 Å². The molecule has 0 bridgehead atoms. The first-order valence-corrected chi connectivity index (χ1v) is 9.34. The molecule has 27 heavy (non-hydrogen) atoms. The van der Waals surface area contributed by atoms with Crippen molar-refractivity contribution in [3.05, 3.63) is 71.2 Å². The van der Waals surface area contributed by atoms with Gasteiger partial charge in [0.2, 0.25) is 0 Å². The molecule has 140 valence electrons. The Bertz CT molecular complexity index is 986. The summed E-state index contributed by atoms with van der Waals surface area (Å²) in [6, 6.07) is 15.0. The van der Waals surface area contributed by atoms with Gasteiger partial charge in [-0.2, -0.15) is 0 Å². The van der Waals surface area contributed by atoms with Crippen LogP contribution in [-0.2, 0) is 13.6 Å². The fraction of sp³-hybridized carbons (Fsp3) is 0.318. The van der Waals surface area contributed by atoms with Gasteiger partial charge in [-0.15, -0.1) is 0 Å². The Morgan fingerprint density at radius 1 is 1.04 bits per heavy atom. The minimum Gasteiger partial charge on any atom is -0.340 e. The van der Waals surface area contributed by atoms with Crippen molar-refractivity contribution in [1.82, 2.24) is 14.4 Å². The van der Waals surface area contributed by atoms with Gasteiger partial charge in [0.15, 0.2) is 0 Å². The molecule has 0 unspecified atom stereocenters. The number of carbonyl (C=O) groups excluding carboxylic acids is 1. The van der Waals surface area contributed by atoms with Crippen molar-refractivity contribution in [1.29, 1.82) is 0 Å². The highest BCUT2D eigenvalue weighted by Crippen LogP contribution is 2.23. The van der Waals surface area contributed by atoms with Crippen molar-refractivity contribution < 1.29 is 9.18 Å². The van der Waals surface area contributed by atoms with Crippen molar-refractivity contribution in [2.45, 2.75) is 13.5 Å². The zero-order valence-corrected chi connectivity index (χ0v) is 15.8. The van der Waals surface area contributed by atoms with Crippen LogP contribution in [0.4, 0.5) is 4.39 Å². The monoisotopic (exact) mass is 365 g/mol. The maximum Gasteiger partial charge on any atom is 0.270 e. The fourth-order valence-corrected chi connectivity index (χ4v) is 3.83. The summed E-state index contributed by atoms with van der Waals surface area (Å²) >= 11 is 0. The zero-order chi connectivity index (χ0) is 19.0. The van der Waals surface area contributed by atoms with Crippen molar-refractivity contribution in [2.24, 2.45) is 7.05 Å². The van der Waals surface area contributed by atoms with E-state index in [0.29, 0.717) is 24.2 Å². The lowest BCUT2D eigenvalue weighted by molar-refractivity contribution is 0.0619. The van der Waals surface area contributed by atoms with E-state index in [1.165, 1.54) is 17.2 Å². The molecule has 1 aromatic heterocycles. The summed E-state index contributed by atoms with van der Waals surface area (Å²) in [6.45, 7) is 6.11. The molecule has 1 aliphatic rings. The van der Waals surface area contributed by atoms with E-state index >= 15 is 0 Å². The number of amides is 1. The Morgan fingerprint density at radius 2 is 1.78 bits per heavy atom. The van der Waals surface area contributed by atoms with Gasteiger partial charge in [0.1, 0.15) is 11.5 Å². The third kappa shape index (κ3) is 3.35. The van der Waals surface area contributed by atoms with E-state index in [4.69, 9.17) is 0 Å². The van der Waals surface area contributed by atoms with Crippen LogP contribution in [0.5, 0.6) is 0 Å². The molecule has 1 aliphatic heterocycles. The molecule has 2 heterocycles. The van der Waals surface area contributed by atoms with Gasteiger partial charge in [-0.25, -0.2) is 4.39 Å². The number of halogens is 1. The van der Waals surface area contributed by atoms with Gasteiger partial charge < -0.3 is 9.47 Å². The normalized spacial score (nSPS) is 15.4. The molecule has 1 saturated heterocycles. The van der Waals surface area contributed by atoms with Gasteiger partial charge in [-0.1, -0.05) is 30.3 Å². The van der Waals surface area contributed by atoms with E-state index in [1.54, 1.807) is 16.7 Å². The third-order valence-electron chi connectivity index (χ3n) is 5.57. The lowest BCUT2D eigenvalue weighted by Gasteiger charge is -2.35. The smallest absolute Gasteiger partial charge is 0.270 e. The van der Waals surface area contributed by atoms with Crippen LogP contribution in [0.25, 0.3) is 10.9 Å². The number of benzene rings is 2. The minimum atomic E-state index is -0.287. The van der Waals surface area contributed by atoms with Crippen LogP contribution in [0.3, 0.4) is 0 Å². The van der Waals surface area contributed by atoms with E-state index < -0.39 is 0 Å². The minimum absolute atomic E-state index is 0.0244. The zero-order valence-electron chi connectivity index (χ0n) is 15.8. The summed E-state index contributed by atoms with van der Waals surface area (Å²) in [4.78, 5) is 17.2. The number of fused-ring (bicyclic) bond motifs is 1. The highest BCUT2D eigenvalue weighted by molar-refractivity contribution is 5.99. The van der Waals surface area contributed by atoms with Gasteiger partial charge >= 0.3 is 0 Å². The Kier molecular flexibility index (Phi) is 4.70. The molecule has 3 aromatic rings. The van der Waals surface area contributed by atoms with Crippen molar-refractivity contribution in [3.8, 4) is 0 Å². The molecule has 4 rings (SSSR count). The summed E-state index contributed by atoms with van der Waals surface area (Å²) in [6.07, 6.45) is 0. The predicted molar refractivity (Wildman–Crippen MR) is 105 cm³/mol. The summed E-state index contributed by atoms with van der Waals surface area (Å²) < 4.78 is 15.8. The molecule has 0 spiro atoms. The molecular weight excluding hydrogens is 341 g/mol. The molecule has 0 radical (unpaired) electrons. The number of piperazine rings is 1. The second kappa shape index (κ2) is 7.16. The third-order valence-corrected chi connectivity index (χ3v) is 5.57. The molecule has 0 atom stereocenters. The number of rotatable bonds is 3. The number of nitrogens with zero attached hydrogens (tertiary/aromatic N) is 3. The Labute approximate surface area is 158 Å². The Hall–Kier alpha value is -2.66. The number of aromatic nitrogens is 1. The summed E-state index contributed by atoms with van der Waals surface area (Å²) in [7, 11) is 1.82. The number of aryl methyl sites for hydroxylation is 2. The maximum atomic E-state index is 14.0. The van der Waals surface area contributed by atoms with Crippen LogP contribution in [0.1, 0.15) is 21.6 Å². The Morgan fingerprint density at radius 3 is 2.48 bits per heavy atom. The van der Waals surface area contributed by atoms with Gasteiger partial charge in [0.25, 0.3) is 5.91 Å². The summed E-state index contributed by atoms with van der Waals surface area (Å²) in [5.41, 5.74) is 3.92. The topological polar surface area (TPSA) is 28.5 Å². The second-order valence-corrected chi connectivity index (χ2v) is 7.26. The highest BCUT2D eigenvalue weighted by atomic mass is 19.1. The molecule has 4 nitrogen and oxygen atoms in total. The largest absolute Gasteiger partial charge is 0.340 e. The van der Waals surface area contributed by atoms with E-state index in [-0.39, 0.29) is 11.7 Å². The maximum absolute atomic E-state index is 14.0. The number of hydrogen-bond donors (Lipinski definition) is 0. The first kappa shape index (κ1) is 17.7. The van der Waals surface area contributed by atoms with Gasteiger partial charge in [0, 0.05) is 45.2 Å². The van der Waals surface area contributed by atoms with Crippen molar-refractivity contribution in [2.75, 3.05) is 26.2 Å². The molecule has 0 saturated carbocycles. The van der Waals surface area contributed by atoms with E-state index in [2.05, 4.69) is 36.1 Å². The van der Waals surface area contributed by atoms with Crippen molar-refractivity contribution >= 4 is 16.8 Å². The van der Waals surface area contributed by atoms with Crippen LogP contribution in [0.15, 0.2) is 48.5 Å². The van der Waals surface area contributed by atoms with Crippen molar-refractivity contribution in [3.63, 3.8) is 0 Å². The SMILES string of the molecule is Cc1ccccc1CN1CCN(C(=O)c2cc3c(F)cccc3n2C)CC1. The lowest BCUT2D eigenvalue weighted by atomic mass is 10.1. The standard InChI is InChI=1S/C22H24FN3O/c1-16-6-3-4-7-17(16)15-25-10-12-26(13-11-25)22(27)21-14-18-19(23)8-5-9-20(18)24(21)2/h3-9,14H,10-13,15H2,1-2H3. The fourth-order valence-electron chi connectivity index (χ4n) is 3.83. The summed E-state index contributed by atoms with van der Waals surface area (Å²) in [5, 5.41) is 0.501. The number of hydrogen-bond acceptors (Lipinski definition) is 2. The van der Waals surface area contributed by atoms with E-state index in [0.717, 1.165) is 25.2 Å². The number of carbonyl (C=O) groups is 1. The van der Waals surface area contributed by atoms with Crippen LogP contribution in [0, 0.1) is 12.7 Å². The van der Waals surface area contributed by atoms with Gasteiger partial charge in [-0.05, 0) is 36.2 Å². The quantitative estimate of drug-likeness (QED) is 0.710. The molecule has 0 N–H and O–H groups in total. The first-order valence-electron chi connectivity index (χ1n) is 9.34. The molecule has 5 heteroatoms. The van der Waals surface area contributed by atoms with Gasteiger partial charge in [0.05, 0.1) is 5.52 Å². The predicted octanol–water partition coefficient (Wildman–Crippen LogP) is 3.58. The first-order chi connectivity index (χ1) is 13.0. The average Bonchev–Trinajstić information content (AvgIpc) is 3.02. The second-order valence-electron chi connectivity index (χ2n) is 7.26. The molecular formula is C22H24FN3O. The van der Waals surface area contributed by atoms with Crippen LogP contribution >= 0.6 is 0 Å². The van der Waals surface area contributed by atoms with Gasteiger partial charge in [-0.3, -0.25) is 9.69 Å². The van der Waals surface area contributed by atoms with E-state index in [9.17, 15) is 9.18 Å². The molecule has 2 aromatic carbocycles. The summed E-state index contributed by atoms with van der Waals surface area (Å²) in [5.74, 6) is -0.311. The Balaban J connectivity index is 1.45. The highest BCUT2D eigenvalue weighted by Gasteiger charge is 2.25. The van der Waals surface area contributed by atoms with Crippen LogP contribution in [0.2, 0.25) is 0 Å². The van der Waals surface area contributed by atoms with Crippen LogP contribution in [-0.4, -0.2) is 46.5 Å². The average molecular weight is 365 g/mol. The van der Waals surface area contributed by atoms with E-state index in [1.807, 2.05) is 18.0 Å². The molecule has 1 amide bonds. The molecule has 1 fully saturated rings. The molecule has 0 aliphatic carbocycles.